The number of nitrogens with zero attached hydrogens (tertiary/aromatic N) is 1. The molecule has 2 heterocycles. The Morgan fingerprint density at radius 3 is 2.72 bits per heavy atom. The minimum absolute atomic E-state index is 0.0651. The van der Waals surface area contributed by atoms with E-state index in [1.807, 2.05) is 32.2 Å². The Kier molecular flexibility index (Phi) is 5.43. The number of hydrogen-bond acceptors (Lipinski definition) is 4. The highest BCUT2D eigenvalue weighted by molar-refractivity contribution is 5.91. The van der Waals surface area contributed by atoms with Crippen molar-refractivity contribution in [2.24, 2.45) is 0 Å². The van der Waals surface area contributed by atoms with Crippen molar-refractivity contribution in [1.29, 1.82) is 0 Å². The van der Waals surface area contributed by atoms with Gasteiger partial charge in [-0.3, -0.25) is 4.79 Å². The normalized spacial score (nSPS) is 15.2. The number of piperidine rings is 1. The van der Waals surface area contributed by atoms with Crippen LogP contribution in [0.2, 0.25) is 0 Å². The maximum Gasteiger partial charge on any atom is 0.289 e. The monoisotopic (exact) mass is 342 g/mol. The zero-order valence-electron chi connectivity index (χ0n) is 15.2. The van der Waals surface area contributed by atoms with Gasteiger partial charge >= 0.3 is 0 Å². The highest BCUT2D eigenvalue weighted by atomic mass is 16.5. The van der Waals surface area contributed by atoms with Gasteiger partial charge in [-0.25, -0.2) is 0 Å². The lowest BCUT2D eigenvalue weighted by Gasteiger charge is -2.31. The van der Waals surface area contributed by atoms with Crippen LogP contribution in [0.15, 0.2) is 34.7 Å². The van der Waals surface area contributed by atoms with Crippen LogP contribution >= 0.6 is 0 Å². The Morgan fingerprint density at radius 2 is 2.00 bits per heavy atom. The fraction of sp³-hybridized carbons (Fsp3) is 0.450. The van der Waals surface area contributed by atoms with Gasteiger partial charge in [0.15, 0.2) is 5.76 Å². The van der Waals surface area contributed by atoms with Crippen molar-refractivity contribution < 1.29 is 13.9 Å². The average molecular weight is 342 g/mol. The molecule has 134 valence electrons. The molecule has 0 unspecified atom stereocenters. The number of rotatable bonds is 5. The molecule has 1 amide bonds. The van der Waals surface area contributed by atoms with Gasteiger partial charge in [0.2, 0.25) is 0 Å². The molecular weight excluding hydrogens is 316 g/mol. The molecule has 3 rings (SSSR count). The molecule has 1 saturated heterocycles. The van der Waals surface area contributed by atoms with Crippen LogP contribution in [0.1, 0.15) is 40.3 Å². The first-order valence-corrected chi connectivity index (χ1v) is 8.81. The smallest absolute Gasteiger partial charge is 0.289 e. The van der Waals surface area contributed by atoms with E-state index in [0.717, 1.165) is 37.2 Å². The van der Waals surface area contributed by atoms with Gasteiger partial charge in [-0.2, -0.15) is 0 Å². The summed E-state index contributed by atoms with van der Waals surface area (Å²) in [5.74, 6) is 1.80. The van der Waals surface area contributed by atoms with E-state index in [1.165, 1.54) is 5.56 Å². The number of ether oxygens (including phenoxy) is 1. The molecule has 1 aromatic heterocycles. The van der Waals surface area contributed by atoms with E-state index in [0.29, 0.717) is 18.1 Å². The maximum atomic E-state index is 12.6. The Labute approximate surface area is 149 Å². The molecule has 1 aromatic carbocycles. The first kappa shape index (κ1) is 17.5. The van der Waals surface area contributed by atoms with Gasteiger partial charge in [-0.15, -0.1) is 0 Å². The highest BCUT2D eigenvalue weighted by Gasteiger charge is 2.24. The van der Waals surface area contributed by atoms with E-state index in [1.54, 1.807) is 11.0 Å². The number of hydrogen-bond donors (Lipinski definition) is 1. The van der Waals surface area contributed by atoms with Crippen molar-refractivity contribution in [3.05, 3.63) is 53.0 Å². The van der Waals surface area contributed by atoms with Crippen molar-refractivity contribution in [2.75, 3.05) is 20.1 Å². The van der Waals surface area contributed by atoms with Crippen LogP contribution in [0.3, 0.4) is 0 Å². The number of carbonyl (C=O) groups is 1. The van der Waals surface area contributed by atoms with Crippen molar-refractivity contribution >= 4 is 5.91 Å². The number of carbonyl (C=O) groups excluding carboxylic acids is 1. The van der Waals surface area contributed by atoms with Crippen LogP contribution < -0.4 is 10.1 Å². The lowest BCUT2D eigenvalue weighted by molar-refractivity contribution is 0.0667. The summed E-state index contributed by atoms with van der Waals surface area (Å²) in [6.45, 7) is 6.30. The van der Waals surface area contributed by atoms with Crippen LogP contribution in [0.4, 0.5) is 0 Å². The Balaban J connectivity index is 1.60. The summed E-state index contributed by atoms with van der Waals surface area (Å²) in [5.41, 5.74) is 2.30. The summed E-state index contributed by atoms with van der Waals surface area (Å²) in [7, 11) is 1.85. The fourth-order valence-electron chi connectivity index (χ4n) is 3.21. The van der Waals surface area contributed by atoms with E-state index in [2.05, 4.69) is 18.3 Å². The van der Waals surface area contributed by atoms with Gasteiger partial charge in [0.25, 0.3) is 5.91 Å². The molecule has 25 heavy (non-hydrogen) atoms. The maximum absolute atomic E-state index is 12.6. The average Bonchev–Trinajstić information content (AvgIpc) is 3.09. The van der Waals surface area contributed by atoms with Crippen LogP contribution in [-0.4, -0.2) is 37.0 Å². The lowest BCUT2D eigenvalue weighted by Crippen LogP contribution is -2.43. The molecule has 5 nitrogen and oxygen atoms in total. The second-order valence-corrected chi connectivity index (χ2v) is 6.72. The molecule has 1 fully saturated rings. The topological polar surface area (TPSA) is 54.7 Å². The summed E-state index contributed by atoms with van der Waals surface area (Å²) >= 11 is 0. The molecule has 2 aromatic rings. The van der Waals surface area contributed by atoms with Gasteiger partial charge in [0.1, 0.15) is 18.1 Å². The molecule has 0 atom stereocenters. The van der Waals surface area contributed by atoms with E-state index in [9.17, 15) is 4.79 Å². The Hall–Kier alpha value is -2.27. The highest BCUT2D eigenvalue weighted by Crippen LogP contribution is 2.21. The first-order valence-electron chi connectivity index (χ1n) is 8.81. The van der Waals surface area contributed by atoms with Gasteiger partial charge in [0, 0.05) is 13.1 Å². The lowest BCUT2D eigenvalue weighted by atomic mass is 10.1. The minimum Gasteiger partial charge on any atom is -0.485 e. The minimum atomic E-state index is -0.0651. The van der Waals surface area contributed by atoms with E-state index >= 15 is 0 Å². The van der Waals surface area contributed by atoms with E-state index in [4.69, 9.17) is 9.15 Å². The molecule has 0 saturated carbocycles. The molecule has 0 aliphatic carbocycles. The number of benzene rings is 1. The standard InChI is InChI=1S/C20H26N2O3/c1-14-4-6-18(15(2)12-14)24-13-17-5-7-19(25-17)20(23)22(3)16-8-10-21-11-9-16/h4-7,12,16,21H,8-11,13H2,1-3H3. The fourth-order valence-corrected chi connectivity index (χ4v) is 3.21. The van der Waals surface area contributed by atoms with Crippen molar-refractivity contribution in [1.82, 2.24) is 10.2 Å². The van der Waals surface area contributed by atoms with E-state index < -0.39 is 0 Å². The third-order valence-corrected chi connectivity index (χ3v) is 4.75. The molecule has 0 spiro atoms. The molecule has 1 aliphatic heterocycles. The predicted molar refractivity (Wildman–Crippen MR) is 96.9 cm³/mol. The summed E-state index contributed by atoms with van der Waals surface area (Å²) in [5, 5.41) is 3.31. The summed E-state index contributed by atoms with van der Waals surface area (Å²) in [6, 6.07) is 9.89. The molecule has 5 heteroatoms. The summed E-state index contributed by atoms with van der Waals surface area (Å²) in [4.78, 5) is 14.4. The van der Waals surface area contributed by atoms with Gasteiger partial charge < -0.3 is 19.4 Å². The van der Waals surface area contributed by atoms with Gasteiger partial charge in [-0.05, 0) is 63.5 Å². The third kappa shape index (κ3) is 4.23. The van der Waals surface area contributed by atoms with Crippen molar-refractivity contribution in [3.8, 4) is 5.75 Å². The second-order valence-electron chi connectivity index (χ2n) is 6.72. The third-order valence-electron chi connectivity index (χ3n) is 4.75. The van der Waals surface area contributed by atoms with Crippen LogP contribution in [0, 0.1) is 13.8 Å². The number of nitrogens with one attached hydrogen (secondary N) is 1. The Bertz CT molecular complexity index is 732. The van der Waals surface area contributed by atoms with Crippen molar-refractivity contribution in [2.45, 2.75) is 39.3 Å². The zero-order chi connectivity index (χ0) is 17.8. The molecule has 1 N–H and O–H groups in total. The summed E-state index contributed by atoms with van der Waals surface area (Å²) in [6.07, 6.45) is 1.96. The number of amides is 1. The van der Waals surface area contributed by atoms with Crippen LogP contribution in [0.5, 0.6) is 5.75 Å². The molecule has 0 radical (unpaired) electrons. The number of aryl methyl sites for hydroxylation is 2. The van der Waals surface area contributed by atoms with E-state index in [-0.39, 0.29) is 11.9 Å². The van der Waals surface area contributed by atoms with Crippen LogP contribution in [0.25, 0.3) is 0 Å². The quantitative estimate of drug-likeness (QED) is 0.906. The largest absolute Gasteiger partial charge is 0.485 e. The molecule has 1 aliphatic rings. The van der Waals surface area contributed by atoms with Crippen molar-refractivity contribution in [3.63, 3.8) is 0 Å². The SMILES string of the molecule is Cc1ccc(OCc2ccc(C(=O)N(C)C3CCNCC3)o2)c(C)c1. The van der Waals surface area contributed by atoms with Gasteiger partial charge in [-0.1, -0.05) is 17.7 Å². The molecular formula is C20H26N2O3. The van der Waals surface area contributed by atoms with Crippen LogP contribution in [-0.2, 0) is 6.61 Å². The Morgan fingerprint density at radius 1 is 1.24 bits per heavy atom. The zero-order valence-corrected chi connectivity index (χ0v) is 15.2. The van der Waals surface area contributed by atoms with Gasteiger partial charge in [0.05, 0.1) is 0 Å². The second kappa shape index (κ2) is 7.74. The molecule has 0 bridgehead atoms. The predicted octanol–water partition coefficient (Wildman–Crippen LogP) is 3.30. The summed E-state index contributed by atoms with van der Waals surface area (Å²) < 4.78 is 11.5. The first-order chi connectivity index (χ1) is 12.0. The number of furan rings is 1.